The van der Waals surface area contributed by atoms with Crippen molar-refractivity contribution in [2.24, 2.45) is 10.7 Å². The minimum Gasteiger partial charge on any atom is -0.386 e. The van der Waals surface area contributed by atoms with Crippen LogP contribution in [-0.4, -0.2) is 37.2 Å². The predicted molar refractivity (Wildman–Crippen MR) is 123 cm³/mol. The monoisotopic (exact) mass is 474 g/mol. The average Bonchev–Trinajstić information content (AvgIpc) is 2.67. The molecule has 9 heteroatoms. The van der Waals surface area contributed by atoms with Crippen LogP contribution in [0.5, 0.6) is 0 Å². The molecule has 1 aliphatic heterocycles. The first-order chi connectivity index (χ1) is 13.8. The van der Waals surface area contributed by atoms with Gasteiger partial charge >= 0.3 is 0 Å². The van der Waals surface area contributed by atoms with Crippen molar-refractivity contribution in [2.45, 2.75) is 24.6 Å². The van der Waals surface area contributed by atoms with Crippen LogP contribution in [-0.2, 0) is 0 Å². The Hall–Kier alpha value is -2.39. The highest BCUT2D eigenvalue weighted by Gasteiger charge is 2.33. The molecule has 3 N–H and O–H groups in total. The average molecular weight is 475 g/mol. The van der Waals surface area contributed by atoms with Crippen LogP contribution in [0.15, 0.2) is 46.3 Å². The number of halogens is 2. The van der Waals surface area contributed by atoms with Gasteiger partial charge in [-0.3, -0.25) is 4.99 Å². The summed E-state index contributed by atoms with van der Waals surface area (Å²) in [4.78, 5) is 17.5. The van der Waals surface area contributed by atoms with Gasteiger partial charge in [0.2, 0.25) is 0 Å². The van der Waals surface area contributed by atoms with Gasteiger partial charge in [0.15, 0.2) is 5.82 Å². The van der Waals surface area contributed by atoms with E-state index in [0.29, 0.717) is 39.7 Å². The fourth-order valence-electron chi connectivity index (χ4n) is 3.09. The van der Waals surface area contributed by atoms with E-state index in [2.05, 4.69) is 47.1 Å². The molecule has 1 aromatic carbocycles. The van der Waals surface area contributed by atoms with Crippen molar-refractivity contribution in [3.8, 4) is 0 Å². The van der Waals surface area contributed by atoms with Gasteiger partial charge in [-0.25, -0.2) is 19.3 Å². The molecule has 3 heterocycles. The Labute approximate surface area is 178 Å². The SMILES string of the molecule is C=S1CC(c2cc(Nc3ncnc4cc(Br)cnc34)ccc2F)N=C(N)C1(C)C. The van der Waals surface area contributed by atoms with Crippen LogP contribution in [0, 0.1) is 5.82 Å². The van der Waals surface area contributed by atoms with E-state index >= 15 is 0 Å². The van der Waals surface area contributed by atoms with E-state index in [9.17, 15) is 4.39 Å². The van der Waals surface area contributed by atoms with Crippen molar-refractivity contribution >= 4 is 60.7 Å². The van der Waals surface area contributed by atoms with Crippen LogP contribution >= 0.6 is 26.4 Å². The molecule has 0 saturated carbocycles. The number of hydrogen-bond donors (Lipinski definition) is 2. The zero-order chi connectivity index (χ0) is 20.8. The molecule has 4 rings (SSSR count). The molecule has 6 nitrogen and oxygen atoms in total. The quantitative estimate of drug-likeness (QED) is 0.543. The van der Waals surface area contributed by atoms with E-state index in [0.717, 1.165) is 4.47 Å². The molecule has 0 spiro atoms. The molecular formula is C20H20BrFN6S. The van der Waals surface area contributed by atoms with Crippen LogP contribution in [0.1, 0.15) is 25.5 Å². The maximum Gasteiger partial charge on any atom is 0.160 e. The van der Waals surface area contributed by atoms with E-state index in [1.807, 2.05) is 19.9 Å². The van der Waals surface area contributed by atoms with Crippen molar-refractivity contribution in [2.75, 3.05) is 11.1 Å². The maximum atomic E-state index is 14.6. The van der Waals surface area contributed by atoms with Gasteiger partial charge in [0.1, 0.15) is 23.5 Å². The molecule has 2 atom stereocenters. The van der Waals surface area contributed by atoms with Gasteiger partial charge in [0.25, 0.3) is 0 Å². The van der Waals surface area contributed by atoms with E-state index in [1.165, 1.54) is 12.4 Å². The van der Waals surface area contributed by atoms with Gasteiger partial charge in [-0.1, -0.05) is 5.87 Å². The summed E-state index contributed by atoms with van der Waals surface area (Å²) in [5.74, 6) is 5.64. The topological polar surface area (TPSA) is 89.1 Å². The van der Waals surface area contributed by atoms with E-state index < -0.39 is 0 Å². The number of aliphatic imine (C=N–C) groups is 1. The zero-order valence-corrected chi connectivity index (χ0v) is 18.4. The van der Waals surface area contributed by atoms with Crippen molar-refractivity contribution in [3.05, 3.63) is 52.6 Å². The van der Waals surface area contributed by atoms with Crippen LogP contribution in [0.4, 0.5) is 15.9 Å². The van der Waals surface area contributed by atoms with Gasteiger partial charge in [0.05, 0.1) is 16.3 Å². The highest BCUT2D eigenvalue weighted by molar-refractivity contribution is 9.10. The highest BCUT2D eigenvalue weighted by atomic mass is 79.9. The summed E-state index contributed by atoms with van der Waals surface area (Å²) < 4.78 is 15.2. The third-order valence-corrected chi connectivity index (χ3v) is 7.86. The first-order valence-corrected chi connectivity index (χ1v) is 11.3. The van der Waals surface area contributed by atoms with Crippen LogP contribution in [0.3, 0.4) is 0 Å². The summed E-state index contributed by atoms with van der Waals surface area (Å²) in [5, 5.41) is 3.22. The number of hydrogen-bond acceptors (Lipinski definition) is 6. The number of nitrogens with two attached hydrogens (primary N) is 1. The Morgan fingerprint density at radius 2 is 2.07 bits per heavy atom. The zero-order valence-electron chi connectivity index (χ0n) is 16.0. The summed E-state index contributed by atoms with van der Waals surface area (Å²) in [5.41, 5.74) is 8.67. The lowest BCUT2D eigenvalue weighted by atomic mass is 10.1. The number of nitrogens with zero attached hydrogens (tertiary/aromatic N) is 4. The molecule has 2 unspecified atom stereocenters. The molecule has 0 bridgehead atoms. The lowest BCUT2D eigenvalue weighted by Crippen LogP contribution is -2.41. The summed E-state index contributed by atoms with van der Waals surface area (Å²) >= 11 is 3.39. The fraction of sp³-hybridized carbons (Fsp3) is 0.250. The first-order valence-electron chi connectivity index (χ1n) is 8.93. The molecule has 0 aliphatic carbocycles. The number of amidine groups is 1. The summed E-state index contributed by atoms with van der Waals surface area (Å²) in [6.07, 6.45) is 3.15. The molecule has 2 aromatic heterocycles. The Morgan fingerprint density at radius 1 is 1.28 bits per heavy atom. The summed E-state index contributed by atoms with van der Waals surface area (Å²) in [6, 6.07) is 6.34. The summed E-state index contributed by atoms with van der Waals surface area (Å²) in [6.45, 7) is 4.05. The Balaban J connectivity index is 1.70. The molecular weight excluding hydrogens is 455 g/mol. The summed E-state index contributed by atoms with van der Waals surface area (Å²) in [7, 11) is -0.263. The lowest BCUT2D eigenvalue weighted by Gasteiger charge is -2.35. The van der Waals surface area contributed by atoms with Crippen LogP contribution < -0.4 is 11.1 Å². The molecule has 3 aromatic rings. The maximum absolute atomic E-state index is 14.6. The smallest absolute Gasteiger partial charge is 0.160 e. The number of nitrogens with one attached hydrogen (secondary N) is 1. The van der Waals surface area contributed by atoms with E-state index in [4.69, 9.17) is 5.73 Å². The molecule has 0 radical (unpaired) electrons. The number of fused-ring (bicyclic) bond motifs is 1. The largest absolute Gasteiger partial charge is 0.386 e. The number of aromatic nitrogens is 3. The number of benzene rings is 1. The van der Waals surface area contributed by atoms with Crippen molar-refractivity contribution in [3.63, 3.8) is 0 Å². The lowest BCUT2D eigenvalue weighted by molar-refractivity contribution is 0.593. The Bertz CT molecular complexity index is 1160. The third-order valence-electron chi connectivity index (χ3n) is 5.05. The van der Waals surface area contributed by atoms with Crippen LogP contribution in [0.25, 0.3) is 11.0 Å². The standard InChI is InChI=1S/C20H20BrFN6S/c1-20(2)19(23)28-16(9-29(20)3)13-7-12(4-5-14(13)22)27-18-17-15(25-10-26-18)6-11(21)8-24-17/h4-8,10,16H,3,9H2,1-2H3,(H2,23,28)(H,25,26,27). The van der Waals surface area contributed by atoms with E-state index in [-0.39, 0.29) is 27.1 Å². The fourth-order valence-corrected chi connectivity index (χ4v) is 4.81. The molecule has 0 saturated heterocycles. The minimum absolute atomic E-state index is 0.263. The second-order valence-electron chi connectivity index (χ2n) is 7.30. The second kappa shape index (κ2) is 7.46. The minimum atomic E-state index is -0.359. The molecule has 150 valence electrons. The number of anilines is 2. The highest BCUT2D eigenvalue weighted by Crippen LogP contribution is 2.41. The molecule has 1 aliphatic rings. The van der Waals surface area contributed by atoms with Gasteiger partial charge in [-0.15, -0.1) is 0 Å². The van der Waals surface area contributed by atoms with Gasteiger partial charge in [0, 0.05) is 27.7 Å². The van der Waals surface area contributed by atoms with Gasteiger partial charge in [-0.2, -0.15) is 10.5 Å². The second-order valence-corrected chi connectivity index (χ2v) is 10.6. The van der Waals surface area contributed by atoms with Crippen molar-refractivity contribution in [1.82, 2.24) is 15.0 Å². The number of rotatable bonds is 3. The van der Waals surface area contributed by atoms with Crippen molar-refractivity contribution < 1.29 is 4.39 Å². The van der Waals surface area contributed by atoms with Crippen LogP contribution in [0.2, 0.25) is 0 Å². The Kier molecular flexibility index (Phi) is 5.12. The first kappa shape index (κ1) is 19.9. The normalized spacial score (nSPS) is 21.0. The Morgan fingerprint density at radius 3 is 2.83 bits per heavy atom. The predicted octanol–water partition coefficient (Wildman–Crippen LogP) is 4.56. The third kappa shape index (κ3) is 3.76. The van der Waals surface area contributed by atoms with E-state index in [1.54, 1.807) is 18.3 Å². The molecule has 29 heavy (non-hydrogen) atoms. The molecule has 0 fully saturated rings. The van der Waals surface area contributed by atoms with Crippen molar-refractivity contribution in [1.29, 1.82) is 0 Å². The molecule has 0 amide bonds. The number of pyridine rings is 1. The van der Waals surface area contributed by atoms with Gasteiger partial charge in [-0.05, 0) is 54.0 Å². The van der Waals surface area contributed by atoms with Gasteiger partial charge < -0.3 is 11.1 Å².